The van der Waals surface area contributed by atoms with Crippen LogP contribution in [0.3, 0.4) is 0 Å². The number of amides is 1. The first-order chi connectivity index (χ1) is 13.2. The van der Waals surface area contributed by atoms with Crippen molar-refractivity contribution in [1.29, 1.82) is 0 Å². The van der Waals surface area contributed by atoms with Gasteiger partial charge in [-0.2, -0.15) is 5.10 Å². The van der Waals surface area contributed by atoms with Crippen LogP contribution < -0.4 is 14.9 Å². The van der Waals surface area contributed by atoms with Crippen LogP contribution in [0.15, 0.2) is 84.5 Å². The van der Waals surface area contributed by atoms with Crippen molar-refractivity contribution in [2.45, 2.75) is 0 Å². The van der Waals surface area contributed by atoms with Gasteiger partial charge in [0.15, 0.2) is 6.61 Å². The Kier molecular flexibility index (Phi) is 6.20. The van der Waals surface area contributed by atoms with E-state index < -0.39 is 0 Å². The van der Waals surface area contributed by atoms with Crippen LogP contribution in [0, 0.1) is 0 Å². The highest BCUT2D eigenvalue weighted by Gasteiger charge is 2.02. The summed E-state index contributed by atoms with van der Waals surface area (Å²) in [5.74, 6) is 1.06. The van der Waals surface area contributed by atoms with Crippen molar-refractivity contribution >= 4 is 22.9 Å². The summed E-state index contributed by atoms with van der Waals surface area (Å²) in [7, 11) is 0. The maximum absolute atomic E-state index is 11.9. The van der Waals surface area contributed by atoms with Crippen molar-refractivity contribution in [2.75, 3.05) is 13.2 Å². The lowest BCUT2D eigenvalue weighted by Gasteiger charge is -2.06. The van der Waals surface area contributed by atoms with Gasteiger partial charge in [-0.15, -0.1) is 0 Å². The summed E-state index contributed by atoms with van der Waals surface area (Å²) in [5.41, 5.74) is 3.29. The van der Waals surface area contributed by atoms with Crippen LogP contribution in [0.5, 0.6) is 11.5 Å². The molecule has 0 aliphatic rings. The molecule has 0 saturated heterocycles. The predicted octanol–water partition coefficient (Wildman–Crippen LogP) is 3.93. The number of nitrogens with zero attached hydrogens (tertiary/aromatic N) is 1. The van der Waals surface area contributed by atoms with Crippen LogP contribution in [0.25, 0.3) is 10.8 Å². The molecule has 1 N–H and O–H groups in total. The first kappa shape index (κ1) is 18.2. The van der Waals surface area contributed by atoms with Crippen molar-refractivity contribution in [3.8, 4) is 11.5 Å². The third-order valence-electron chi connectivity index (χ3n) is 3.74. The van der Waals surface area contributed by atoms with E-state index in [1.54, 1.807) is 12.3 Å². The fourth-order valence-corrected chi connectivity index (χ4v) is 2.42. The van der Waals surface area contributed by atoms with Crippen molar-refractivity contribution in [3.63, 3.8) is 0 Å². The van der Waals surface area contributed by atoms with Gasteiger partial charge in [0, 0.05) is 0 Å². The zero-order valence-corrected chi connectivity index (χ0v) is 14.8. The summed E-state index contributed by atoms with van der Waals surface area (Å²) in [5, 5.41) is 6.12. The van der Waals surface area contributed by atoms with Gasteiger partial charge in [0.2, 0.25) is 0 Å². The number of nitrogens with one attached hydrogen (secondary N) is 1. The Morgan fingerprint density at radius 2 is 1.70 bits per heavy atom. The lowest BCUT2D eigenvalue weighted by atomic mass is 10.1. The molecule has 0 aliphatic heterocycles. The summed E-state index contributed by atoms with van der Waals surface area (Å²) in [6.45, 7) is 3.95. The van der Waals surface area contributed by atoms with Crippen molar-refractivity contribution in [3.05, 3.63) is 84.9 Å². The lowest BCUT2D eigenvalue weighted by molar-refractivity contribution is -0.123. The molecule has 27 heavy (non-hydrogen) atoms. The van der Waals surface area contributed by atoms with E-state index in [1.165, 1.54) is 0 Å². The molecule has 0 aromatic heterocycles. The Morgan fingerprint density at radius 3 is 2.48 bits per heavy atom. The normalized spacial score (nSPS) is 10.7. The average molecular weight is 360 g/mol. The summed E-state index contributed by atoms with van der Waals surface area (Å²) in [4.78, 5) is 11.9. The standard InChI is InChI=1S/C22H20N2O3/c1-2-13-26-20-10-7-17(8-11-20)15-23-24-22(25)16-27-21-12-9-18-5-3-4-6-19(18)14-21/h2-12,14-15H,1,13,16H2,(H,24,25)/b23-15-. The minimum absolute atomic E-state index is 0.107. The molecule has 0 spiro atoms. The predicted molar refractivity (Wildman–Crippen MR) is 107 cm³/mol. The first-order valence-electron chi connectivity index (χ1n) is 8.52. The molecule has 0 unspecified atom stereocenters. The number of carbonyl (C=O) groups is 1. The van der Waals surface area contributed by atoms with Gasteiger partial charge < -0.3 is 9.47 Å². The molecule has 0 atom stereocenters. The van der Waals surface area contributed by atoms with Gasteiger partial charge in [-0.3, -0.25) is 4.79 Å². The van der Waals surface area contributed by atoms with Gasteiger partial charge >= 0.3 is 0 Å². The third kappa shape index (κ3) is 5.44. The fourth-order valence-electron chi connectivity index (χ4n) is 2.42. The number of fused-ring (bicyclic) bond motifs is 1. The lowest BCUT2D eigenvalue weighted by Crippen LogP contribution is -2.24. The summed E-state index contributed by atoms with van der Waals surface area (Å²) in [6.07, 6.45) is 3.25. The van der Waals surface area contributed by atoms with Gasteiger partial charge in [-0.1, -0.05) is 43.0 Å². The Morgan fingerprint density at radius 1 is 0.963 bits per heavy atom. The van der Waals surface area contributed by atoms with Gasteiger partial charge in [0.25, 0.3) is 5.91 Å². The van der Waals surface area contributed by atoms with E-state index in [0.29, 0.717) is 12.4 Å². The van der Waals surface area contributed by atoms with E-state index in [4.69, 9.17) is 9.47 Å². The van der Waals surface area contributed by atoms with E-state index in [1.807, 2.05) is 66.7 Å². The van der Waals surface area contributed by atoms with Crippen LogP contribution >= 0.6 is 0 Å². The van der Waals surface area contributed by atoms with Crippen LogP contribution in [0.2, 0.25) is 0 Å². The van der Waals surface area contributed by atoms with Gasteiger partial charge in [-0.05, 0) is 52.7 Å². The molecule has 3 aromatic rings. The third-order valence-corrected chi connectivity index (χ3v) is 3.74. The van der Waals surface area contributed by atoms with Gasteiger partial charge in [0.05, 0.1) is 6.21 Å². The Hall–Kier alpha value is -3.60. The van der Waals surface area contributed by atoms with Crippen molar-refractivity contribution < 1.29 is 14.3 Å². The summed E-state index contributed by atoms with van der Waals surface area (Å²) >= 11 is 0. The van der Waals surface area contributed by atoms with E-state index >= 15 is 0 Å². The smallest absolute Gasteiger partial charge is 0.277 e. The Balaban J connectivity index is 1.47. The number of hydrogen-bond acceptors (Lipinski definition) is 4. The van der Waals surface area contributed by atoms with Crippen LogP contribution in [-0.2, 0) is 4.79 Å². The molecule has 3 rings (SSSR count). The average Bonchev–Trinajstić information content (AvgIpc) is 2.71. The highest BCUT2D eigenvalue weighted by atomic mass is 16.5. The second-order valence-electron chi connectivity index (χ2n) is 5.76. The maximum atomic E-state index is 11.9. The molecule has 1 amide bonds. The summed E-state index contributed by atoms with van der Waals surface area (Å²) in [6, 6.07) is 21.0. The number of hydrogen-bond donors (Lipinski definition) is 1. The van der Waals surface area contributed by atoms with E-state index in [2.05, 4.69) is 17.1 Å². The number of ether oxygens (including phenoxy) is 2. The Bertz CT molecular complexity index is 949. The van der Waals surface area contributed by atoms with Gasteiger partial charge in [0.1, 0.15) is 18.1 Å². The highest BCUT2D eigenvalue weighted by Crippen LogP contribution is 2.20. The van der Waals surface area contributed by atoms with E-state index in [0.717, 1.165) is 22.1 Å². The molecule has 5 nitrogen and oxygen atoms in total. The topological polar surface area (TPSA) is 59.9 Å². The molecule has 0 bridgehead atoms. The molecule has 3 aromatic carbocycles. The highest BCUT2D eigenvalue weighted by molar-refractivity contribution is 5.84. The monoisotopic (exact) mass is 360 g/mol. The number of benzene rings is 3. The van der Waals surface area contributed by atoms with Crippen LogP contribution in [-0.4, -0.2) is 25.3 Å². The number of rotatable bonds is 8. The number of carbonyl (C=O) groups excluding carboxylic acids is 1. The second-order valence-corrected chi connectivity index (χ2v) is 5.76. The molecule has 0 aliphatic carbocycles. The quantitative estimate of drug-likeness (QED) is 0.376. The van der Waals surface area contributed by atoms with Crippen LogP contribution in [0.4, 0.5) is 0 Å². The van der Waals surface area contributed by atoms with Crippen molar-refractivity contribution in [1.82, 2.24) is 5.43 Å². The molecule has 0 heterocycles. The molecule has 0 saturated carbocycles. The molecule has 0 radical (unpaired) electrons. The zero-order valence-electron chi connectivity index (χ0n) is 14.8. The fraction of sp³-hybridized carbons (Fsp3) is 0.0909. The first-order valence-corrected chi connectivity index (χ1v) is 8.52. The Labute approximate surface area is 157 Å². The molecular formula is C22H20N2O3. The minimum atomic E-state index is -0.328. The molecule has 0 fully saturated rings. The van der Waals surface area contributed by atoms with E-state index in [9.17, 15) is 4.79 Å². The minimum Gasteiger partial charge on any atom is -0.490 e. The molecular weight excluding hydrogens is 340 g/mol. The second kappa shape index (κ2) is 9.20. The zero-order chi connectivity index (χ0) is 18.9. The van der Waals surface area contributed by atoms with Crippen LogP contribution in [0.1, 0.15) is 5.56 Å². The SMILES string of the molecule is C=CCOc1ccc(/C=N\NC(=O)COc2ccc3ccccc3c2)cc1. The van der Waals surface area contributed by atoms with Gasteiger partial charge in [-0.25, -0.2) is 5.43 Å². The maximum Gasteiger partial charge on any atom is 0.277 e. The molecule has 136 valence electrons. The summed E-state index contributed by atoms with van der Waals surface area (Å²) < 4.78 is 10.9. The van der Waals surface area contributed by atoms with Crippen molar-refractivity contribution in [2.24, 2.45) is 5.10 Å². The molecule has 5 heteroatoms. The van der Waals surface area contributed by atoms with E-state index in [-0.39, 0.29) is 12.5 Å². The number of hydrazone groups is 1. The largest absolute Gasteiger partial charge is 0.490 e.